The number of hydrogen-bond donors (Lipinski definition) is 1. The lowest BCUT2D eigenvalue weighted by atomic mass is 10.2. The van der Waals surface area contributed by atoms with E-state index in [0.29, 0.717) is 12.4 Å². The molecule has 0 saturated carbocycles. The van der Waals surface area contributed by atoms with E-state index in [4.69, 9.17) is 5.41 Å². The van der Waals surface area contributed by atoms with E-state index in [1.165, 1.54) is 12.1 Å². The quantitative estimate of drug-likeness (QED) is 0.548. The van der Waals surface area contributed by atoms with Crippen LogP contribution in [0.1, 0.15) is 12.5 Å². The van der Waals surface area contributed by atoms with Crippen LogP contribution >= 0.6 is 0 Å². The van der Waals surface area contributed by atoms with Crippen LogP contribution in [0.25, 0.3) is 0 Å². The molecule has 1 aromatic rings. The molecule has 0 aliphatic carbocycles. The lowest BCUT2D eigenvalue weighted by molar-refractivity contribution is 0.491. The predicted molar refractivity (Wildman–Crippen MR) is 51.3 cm³/mol. The fourth-order valence-corrected chi connectivity index (χ4v) is 1.03. The summed E-state index contributed by atoms with van der Waals surface area (Å²) in [6.45, 7) is 2.28. The molecule has 0 radical (unpaired) electrons. The predicted octanol–water partition coefficient (Wildman–Crippen LogP) is 2.25. The third kappa shape index (κ3) is 2.86. The van der Waals surface area contributed by atoms with Crippen LogP contribution in [0.15, 0.2) is 24.3 Å². The summed E-state index contributed by atoms with van der Waals surface area (Å²) in [5.74, 6) is 0.248. The van der Waals surface area contributed by atoms with E-state index in [1.54, 1.807) is 17.9 Å². The lowest BCUT2D eigenvalue weighted by Gasteiger charge is -2.16. The highest BCUT2D eigenvalue weighted by Crippen LogP contribution is 2.05. The Morgan fingerprint density at radius 2 is 2.23 bits per heavy atom. The summed E-state index contributed by atoms with van der Waals surface area (Å²) in [5.41, 5.74) is 0.883. The largest absolute Gasteiger partial charge is 0.360 e. The molecule has 1 N–H and O–H groups in total. The van der Waals surface area contributed by atoms with Crippen LogP contribution < -0.4 is 0 Å². The molecule has 3 heteroatoms. The molecule has 0 amide bonds. The number of nitrogens with zero attached hydrogens (tertiary/aromatic N) is 1. The second kappa shape index (κ2) is 4.03. The average molecular weight is 180 g/mol. The van der Waals surface area contributed by atoms with Gasteiger partial charge in [-0.05, 0) is 24.6 Å². The number of amidine groups is 1. The first-order chi connectivity index (χ1) is 6.09. The molecule has 0 fully saturated rings. The summed E-state index contributed by atoms with van der Waals surface area (Å²) in [6.07, 6.45) is 0. The van der Waals surface area contributed by atoms with Crippen molar-refractivity contribution >= 4 is 5.84 Å². The van der Waals surface area contributed by atoms with Gasteiger partial charge in [0.25, 0.3) is 0 Å². The number of hydrogen-bond acceptors (Lipinski definition) is 1. The van der Waals surface area contributed by atoms with Gasteiger partial charge in [-0.25, -0.2) is 4.39 Å². The molecule has 70 valence electrons. The van der Waals surface area contributed by atoms with E-state index >= 15 is 0 Å². The van der Waals surface area contributed by atoms with Gasteiger partial charge in [0.2, 0.25) is 0 Å². The van der Waals surface area contributed by atoms with Crippen LogP contribution in [0.3, 0.4) is 0 Å². The maximum atomic E-state index is 12.7. The van der Waals surface area contributed by atoms with Gasteiger partial charge in [-0.3, -0.25) is 5.41 Å². The van der Waals surface area contributed by atoms with Crippen molar-refractivity contribution in [3.63, 3.8) is 0 Å². The summed E-state index contributed by atoms with van der Waals surface area (Å²) in [5, 5.41) is 7.34. The minimum Gasteiger partial charge on any atom is -0.360 e. The zero-order chi connectivity index (χ0) is 9.84. The Balaban J connectivity index is 2.69. The highest BCUT2D eigenvalue weighted by molar-refractivity contribution is 5.75. The van der Waals surface area contributed by atoms with Crippen molar-refractivity contribution in [2.45, 2.75) is 13.5 Å². The van der Waals surface area contributed by atoms with Gasteiger partial charge in [0.05, 0.1) is 5.84 Å². The van der Waals surface area contributed by atoms with Crippen LogP contribution in [0, 0.1) is 11.2 Å². The van der Waals surface area contributed by atoms with E-state index < -0.39 is 0 Å². The zero-order valence-electron chi connectivity index (χ0n) is 7.84. The van der Waals surface area contributed by atoms with Gasteiger partial charge in [-0.15, -0.1) is 0 Å². The zero-order valence-corrected chi connectivity index (χ0v) is 7.84. The Morgan fingerprint density at radius 3 is 2.77 bits per heavy atom. The maximum absolute atomic E-state index is 12.7. The monoisotopic (exact) mass is 180 g/mol. The summed E-state index contributed by atoms with van der Waals surface area (Å²) in [4.78, 5) is 1.76. The minimum atomic E-state index is -0.228. The fourth-order valence-electron chi connectivity index (χ4n) is 1.03. The Hall–Kier alpha value is -1.38. The van der Waals surface area contributed by atoms with E-state index in [1.807, 2.05) is 13.1 Å². The molecule has 0 aromatic heterocycles. The summed E-state index contributed by atoms with van der Waals surface area (Å²) >= 11 is 0. The van der Waals surface area contributed by atoms with Crippen LogP contribution in [0.4, 0.5) is 4.39 Å². The van der Waals surface area contributed by atoms with Crippen molar-refractivity contribution in [2.75, 3.05) is 7.05 Å². The Labute approximate surface area is 77.5 Å². The van der Waals surface area contributed by atoms with Crippen molar-refractivity contribution < 1.29 is 4.39 Å². The molecule has 1 aromatic carbocycles. The second-order valence-corrected chi connectivity index (χ2v) is 3.07. The highest BCUT2D eigenvalue weighted by atomic mass is 19.1. The van der Waals surface area contributed by atoms with Crippen LogP contribution in [0.5, 0.6) is 0 Å². The summed E-state index contributed by atoms with van der Waals surface area (Å²) < 4.78 is 12.7. The van der Waals surface area contributed by atoms with Crippen molar-refractivity contribution in [2.24, 2.45) is 0 Å². The number of rotatable bonds is 2. The Bertz CT molecular complexity index is 310. The average Bonchev–Trinajstić information content (AvgIpc) is 2.04. The third-order valence-electron chi connectivity index (χ3n) is 1.88. The summed E-state index contributed by atoms with van der Waals surface area (Å²) in [7, 11) is 1.81. The molecule has 0 aliphatic rings. The Morgan fingerprint density at radius 1 is 1.54 bits per heavy atom. The van der Waals surface area contributed by atoms with E-state index in [9.17, 15) is 4.39 Å². The molecule has 2 nitrogen and oxygen atoms in total. The molecule has 0 spiro atoms. The molecular weight excluding hydrogens is 167 g/mol. The van der Waals surface area contributed by atoms with Gasteiger partial charge in [0, 0.05) is 13.6 Å². The normalized spacial score (nSPS) is 9.77. The van der Waals surface area contributed by atoms with Crippen molar-refractivity contribution in [1.82, 2.24) is 4.90 Å². The van der Waals surface area contributed by atoms with Crippen molar-refractivity contribution in [3.05, 3.63) is 35.6 Å². The van der Waals surface area contributed by atoms with E-state index in [-0.39, 0.29) is 5.82 Å². The van der Waals surface area contributed by atoms with Gasteiger partial charge >= 0.3 is 0 Å². The van der Waals surface area contributed by atoms with Crippen molar-refractivity contribution in [3.8, 4) is 0 Å². The van der Waals surface area contributed by atoms with Crippen molar-refractivity contribution in [1.29, 1.82) is 5.41 Å². The molecule has 1 rings (SSSR count). The molecule has 0 bridgehead atoms. The van der Waals surface area contributed by atoms with Crippen LogP contribution in [0.2, 0.25) is 0 Å². The molecule has 13 heavy (non-hydrogen) atoms. The lowest BCUT2D eigenvalue weighted by Crippen LogP contribution is -2.22. The third-order valence-corrected chi connectivity index (χ3v) is 1.88. The van der Waals surface area contributed by atoms with Gasteiger partial charge in [-0.1, -0.05) is 12.1 Å². The smallest absolute Gasteiger partial charge is 0.123 e. The van der Waals surface area contributed by atoms with Crippen LogP contribution in [-0.4, -0.2) is 17.8 Å². The highest BCUT2D eigenvalue weighted by Gasteiger charge is 2.00. The van der Waals surface area contributed by atoms with Crippen LogP contribution in [-0.2, 0) is 6.54 Å². The molecule has 0 unspecified atom stereocenters. The molecular formula is C10H13FN2. The first kappa shape index (κ1) is 9.71. The fraction of sp³-hybridized carbons (Fsp3) is 0.300. The number of halogens is 1. The first-order valence-corrected chi connectivity index (χ1v) is 4.10. The minimum absolute atomic E-state index is 0.228. The summed E-state index contributed by atoms with van der Waals surface area (Å²) in [6, 6.07) is 6.43. The Kier molecular flexibility index (Phi) is 3.01. The maximum Gasteiger partial charge on any atom is 0.123 e. The SMILES string of the molecule is CC(=N)N(C)Cc1cccc(F)c1. The molecule has 0 aliphatic heterocycles. The van der Waals surface area contributed by atoms with Gasteiger partial charge in [-0.2, -0.15) is 0 Å². The number of benzene rings is 1. The van der Waals surface area contributed by atoms with E-state index in [0.717, 1.165) is 5.56 Å². The number of nitrogens with one attached hydrogen (secondary N) is 1. The van der Waals surface area contributed by atoms with Gasteiger partial charge in [0.15, 0.2) is 0 Å². The van der Waals surface area contributed by atoms with Gasteiger partial charge < -0.3 is 4.90 Å². The van der Waals surface area contributed by atoms with Gasteiger partial charge in [0.1, 0.15) is 5.82 Å². The molecule has 0 saturated heterocycles. The second-order valence-electron chi connectivity index (χ2n) is 3.07. The molecule has 0 heterocycles. The topological polar surface area (TPSA) is 27.1 Å². The first-order valence-electron chi connectivity index (χ1n) is 4.10. The molecule has 0 atom stereocenters. The van der Waals surface area contributed by atoms with E-state index in [2.05, 4.69) is 0 Å². The standard InChI is InChI=1S/C10H13FN2/c1-8(12)13(2)7-9-4-3-5-10(11)6-9/h3-6,12H,7H2,1-2H3.